The van der Waals surface area contributed by atoms with E-state index in [0.717, 1.165) is 38.2 Å². The summed E-state index contributed by atoms with van der Waals surface area (Å²) in [6.07, 6.45) is 0.133. The Bertz CT molecular complexity index is 537. The molecule has 0 radical (unpaired) electrons. The number of nitriles is 1. The number of nitrogens with zero attached hydrogens (tertiary/aromatic N) is 1. The smallest absolute Gasteiger partial charge is 0.381 e. The van der Waals surface area contributed by atoms with Crippen molar-refractivity contribution in [2.75, 3.05) is 5.32 Å². The lowest BCUT2D eigenvalue weighted by molar-refractivity contribution is -0.137. The SMILES string of the molecule is N#CC1CCCCCC1Nc1ccc(Cl)c(C(F)(F)F)c1. The number of benzene rings is 1. The maximum absolute atomic E-state index is 12.9. The van der Waals surface area contributed by atoms with Crippen LogP contribution in [0.3, 0.4) is 0 Å². The second-order valence-corrected chi connectivity index (χ2v) is 5.72. The van der Waals surface area contributed by atoms with Crippen molar-refractivity contribution in [3.8, 4) is 6.07 Å². The minimum absolute atomic E-state index is 0.111. The lowest BCUT2D eigenvalue weighted by atomic mass is 9.96. The summed E-state index contributed by atoms with van der Waals surface area (Å²) >= 11 is 5.61. The third-order valence-electron chi connectivity index (χ3n) is 3.81. The first-order chi connectivity index (χ1) is 9.91. The van der Waals surface area contributed by atoms with Crippen molar-refractivity contribution in [1.82, 2.24) is 0 Å². The van der Waals surface area contributed by atoms with Crippen LogP contribution in [0.1, 0.15) is 37.7 Å². The zero-order chi connectivity index (χ0) is 15.5. The Balaban J connectivity index is 2.21. The van der Waals surface area contributed by atoms with E-state index in [9.17, 15) is 18.4 Å². The Morgan fingerprint density at radius 1 is 1.19 bits per heavy atom. The molecular weight excluding hydrogens is 301 g/mol. The van der Waals surface area contributed by atoms with E-state index < -0.39 is 11.7 Å². The Labute approximate surface area is 126 Å². The van der Waals surface area contributed by atoms with E-state index >= 15 is 0 Å². The largest absolute Gasteiger partial charge is 0.417 e. The van der Waals surface area contributed by atoms with E-state index in [4.69, 9.17) is 11.6 Å². The molecule has 1 saturated carbocycles. The van der Waals surface area contributed by atoms with E-state index in [1.807, 2.05) is 0 Å². The molecule has 6 heteroatoms. The van der Waals surface area contributed by atoms with Gasteiger partial charge in [-0.05, 0) is 31.0 Å². The van der Waals surface area contributed by atoms with Gasteiger partial charge in [-0.2, -0.15) is 18.4 Å². The summed E-state index contributed by atoms with van der Waals surface area (Å²) in [5.41, 5.74) is -0.491. The van der Waals surface area contributed by atoms with Crippen LogP contribution in [0, 0.1) is 17.2 Å². The number of hydrogen-bond donors (Lipinski definition) is 1. The zero-order valence-electron chi connectivity index (χ0n) is 11.4. The number of nitrogens with one attached hydrogen (secondary N) is 1. The van der Waals surface area contributed by atoms with Gasteiger partial charge in [0.05, 0.1) is 22.6 Å². The van der Waals surface area contributed by atoms with Gasteiger partial charge >= 0.3 is 6.18 Å². The van der Waals surface area contributed by atoms with Crippen LogP contribution in [0.5, 0.6) is 0 Å². The van der Waals surface area contributed by atoms with Gasteiger partial charge in [0.25, 0.3) is 0 Å². The van der Waals surface area contributed by atoms with Crippen LogP contribution in [0.4, 0.5) is 18.9 Å². The van der Waals surface area contributed by atoms with Crippen molar-refractivity contribution in [3.63, 3.8) is 0 Å². The quantitative estimate of drug-likeness (QED) is 0.757. The van der Waals surface area contributed by atoms with E-state index in [1.54, 1.807) is 0 Å². The second kappa shape index (κ2) is 6.57. The molecule has 2 nitrogen and oxygen atoms in total. The Morgan fingerprint density at radius 2 is 1.90 bits per heavy atom. The lowest BCUT2D eigenvalue weighted by Gasteiger charge is -2.23. The lowest BCUT2D eigenvalue weighted by Crippen LogP contribution is -2.27. The Hall–Kier alpha value is -1.41. The van der Waals surface area contributed by atoms with Gasteiger partial charge in [0, 0.05) is 11.7 Å². The first kappa shape index (κ1) is 16.0. The van der Waals surface area contributed by atoms with Gasteiger partial charge in [0.15, 0.2) is 0 Å². The number of rotatable bonds is 2. The number of anilines is 1. The summed E-state index contributed by atoms with van der Waals surface area (Å²) < 4.78 is 38.6. The van der Waals surface area contributed by atoms with Crippen molar-refractivity contribution < 1.29 is 13.2 Å². The van der Waals surface area contributed by atoms with E-state index in [1.165, 1.54) is 12.1 Å². The number of alkyl halides is 3. The average molecular weight is 317 g/mol. The van der Waals surface area contributed by atoms with Gasteiger partial charge in [0.1, 0.15) is 0 Å². The van der Waals surface area contributed by atoms with E-state index in [-0.39, 0.29) is 17.0 Å². The molecule has 1 aromatic carbocycles. The highest BCUT2D eigenvalue weighted by Crippen LogP contribution is 2.37. The fourth-order valence-electron chi connectivity index (χ4n) is 2.68. The first-order valence-corrected chi connectivity index (χ1v) is 7.32. The van der Waals surface area contributed by atoms with E-state index in [0.29, 0.717) is 5.69 Å². The molecule has 0 bridgehead atoms. The van der Waals surface area contributed by atoms with Crippen LogP contribution in [0.2, 0.25) is 5.02 Å². The van der Waals surface area contributed by atoms with Gasteiger partial charge in [-0.3, -0.25) is 0 Å². The third-order valence-corrected chi connectivity index (χ3v) is 4.14. The molecular formula is C15H16ClF3N2. The molecule has 0 spiro atoms. The normalized spacial score (nSPS) is 23.2. The van der Waals surface area contributed by atoms with Crippen molar-refractivity contribution in [1.29, 1.82) is 5.26 Å². The zero-order valence-corrected chi connectivity index (χ0v) is 12.1. The molecule has 0 heterocycles. The molecule has 0 saturated heterocycles. The molecule has 2 unspecified atom stereocenters. The summed E-state index contributed by atoms with van der Waals surface area (Å²) in [4.78, 5) is 0. The van der Waals surface area contributed by atoms with Crippen molar-refractivity contribution in [2.24, 2.45) is 5.92 Å². The highest BCUT2D eigenvalue weighted by atomic mass is 35.5. The molecule has 0 amide bonds. The first-order valence-electron chi connectivity index (χ1n) is 6.94. The fraction of sp³-hybridized carbons (Fsp3) is 0.533. The molecule has 2 rings (SSSR count). The van der Waals surface area contributed by atoms with Crippen LogP contribution in [0.25, 0.3) is 0 Å². The topological polar surface area (TPSA) is 35.8 Å². The van der Waals surface area contributed by atoms with Crippen LogP contribution in [-0.4, -0.2) is 6.04 Å². The molecule has 21 heavy (non-hydrogen) atoms. The fourth-order valence-corrected chi connectivity index (χ4v) is 2.91. The van der Waals surface area contributed by atoms with Crippen LogP contribution in [0.15, 0.2) is 18.2 Å². The standard InChI is InChI=1S/C15H16ClF3N2/c16-13-7-6-11(8-12(13)15(17,18)19)21-14-5-3-1-2-4-10(14)9-20/h6-8,10,14,21H,1-5H2. The third kappa shape index (κ3) is 4.04. The minimum Gasteiger partial charge on any atom is -0.381 e. The maximum atomic E-state index is 12.9. The highest BCUT2D eigenvalue weighted by Gasteiger charge is 2.33. The summed E-state index contributed by atoms with van der Waals surface area (Å²) in [5, 5.41) is 12.0. The van der Waals surface area contributed by atoms with Crippen LogP contribution in [-0.2, 0) is 6.18 Å². The predicted molar refractivity (Wildman–Crippen MR) is 76.1 cm³/mol. The van der Waals surface area contributed by atoms with Crippen molar-refractivity contribution >= 4 is 17.3 Å². The molecule has 1 aromatic rings. The van der Waals surface area contributed by atoms with Gasteiger partial charge < -0.3 is 5.32 Å². The summed E-state index contributed by atoms with van der Waals surface area (Å²) in [6.45, 7) is 0. The molecule has 2 atom stereocenters. The molecule has 0 aromatic heterocycles. The summed E-state index contributed by atoms with van der Waals surface area (Å²) in [5.74, 6) is -0.169. The number of halogens is 4. The molecule has 1 fully saturated rings. The second-order valence-electron chi connectivity index (χ2n) is 5.32. The van der Waals surface area contributed by atoms with Crippen LogP contribution < -0.4 is 5.32 Å². The molecule has 1 aliphatic rings. The molecule has 114 valence electrons. The monoisotopic (exact) mass is 316 g/mol. The predicted octanol–water partition coefficient (Wildman–Crippen LogP) is 5.24. The Kier molecular flexibility index (Phi) is 5.00. The highest BCUT2D eigenvalue weighted by molar-refractivity contribution is 6.31. The van der Waals surface area contributed by atoms with Crippen molar-refractivity contribution in [2.45, 2.75) is 44.3 Å². The average Bonchev–Trinajstić information content (AvgIpc) is 2.64. The van der Waals surface area contributed by atoms with Gasteiger partial charge in [-0.15, -0.1) is 0 Å². The van der Waals surface area contributed by atoms with Gasteiger partial charge in [0.2, 0.25) is 0 Å². The molecule has 1 N–H and O–H groups in total. The van der Waals surface area contributed by atoms with Gasteiger partial charge in [-0.25, -0.2) is 0 Å². The molecule has 1 aliphatic carbocycles. The minimum atomic E-state index is -4.48. The maximum Gasteiger partial charge on any atom is 0.417 e. The van der Waals surface area contributed by atoms with E-state index in [2.05, 4.69) is 11.4 Å². The Morgan fingerprint density at radius 3 is 2.57 bits per heavy atom. The van der Waals surface area contributed by atoms with Crippen molar-refractivity contribution in [3.05, 3.63) is 28.8 Å². The number of hydrogen-bond acceptors (Lipinski definition) is 2. The van der Waals surface area contributed by atoms with Gasteiger partial charge in [-0.1, -0.05) is 30.9 Å². The summed E-state index contributed by atoms with van der Waals surface area (Å²) in [6, 6.07) is 5.93. The van der Waals surface area contributed by atoms with Crippen LogP contribution >= 0.6 is 11.6 Å². The summed E-state index contributed by atoms with van der Waals surface area (Å²) in [7, 11) is 0. The molecule has 0 aliphatic heterocycles.